The Morgan fingerprint density at radius 3 is 2.61 bits per heavy atom. The number of fused-ring (bicyclic) bond motifs is 1. The Labute approximate surface area is 105 Å². The predicted molar refractivity (Wildman–Crippen MR) is 71.2 cm³/mol. The molecule has 2 aromatic heterocycles. The summed E-state index contributed by atoms with van der Waals surface area (Å²) in [4.78, 5) is 4.46. The molecular weight excluding hydrogens is 224 g/mol. The van der Waals surface area contributed by atoms with E-state index in [1.807, 2.05) is 42.6 Å². The Morgan fingerprint density at radius 1 is 1.00 bits per heavy atom. The Kier molecular flexibility index (Phi) is 2.82. The van der Waals surface area contributed by atoms with Crippen LogP contribution in [0.3, 0.4) is 0 Å². The molecule has 0 amide bonds. The lowest BCUT2D eigenvalue weighted by atomic mass is 10.2. The number of aromatic nitrogens is 2. The molecule has 0 radical (unpaired) electrons. The van der Waals surface area contributed by atoms with Crippen molar-refractivity contribution in [2.24, 2.45) is 0 Å². The molecule has 3 heteroatoms. The summed E-state index contributed by atoms with van der Waals surface area (Å²) >= 11 is 0. The summed E-state index contributed by atoms with van der Waals surface area (Å²) < 4.78 is 2.10. The van der Waals surface area contributed by atoms with Crippen LogP contribution in [0.2, 0.25) is 0 Å². The van der Waals surface area contributed by atoms with Gasteiger partial charge in [0.1, 0.15) is 5.65 Å². The summed E-state index contributed by atoms with van der Waals surface area (Å²) in [6, 6.07) is 16.2. The van der Waals surface area contributed by atoms with Crippen molar-refractivity contribution in [3.05, 3.63) is 66.0 Å². The lowest BCUT2D eigenvalue weighted by Gasteiger charge is -2.05. The zero-order chi connectivity index (χ0) is 12.4. The van der Waals surface area contributed by atoms with E-state index in [2.05, 4.69) is 21.7 Å². The Bertz CT molecular complexity index is 659. The molecular formula is C15H14N2O. The first-order valence-electron chi connectivity index (χ1n) is 5.96. The third-order valence-corrected chi connectivity index (χ3v) is 3.03. The number of hydrogen-bond donors (Lipinski definition) is 1. The van der Waals surface area contributed by atoms with E-state index >= 15 is 0 Å². The number of nitrogens with zero attached hydrogens (tertiary/aromatic N) is 2. The number of hydrogen-bond acceptors (Lipinski definition) is 2. The average molecular weight is 238 g/mol. The van der Waals surface area contributed by atoms with Gasteiger partial charge in [-0.2, -0.15) is 0 Å². The zero-order valence-electron chi connectivity index (χ0n) is 9.95. The largest absolute Gasteiger partial charge is 0.390 e. The average Bonchev–Trinajstić information content (AvgIpc) is 2.82. The molecule has 3 rings (SSSR count). The highest BCUT2D eigenvalue weighted by molar-refractivity contribution is 5.76. The molecule has 3 aromatic rings. The van der Waals surface area contributed by atoms with Crippen LogP contribution >= 0.6 is 0 Å². The number of aliphatic hydroxyl groups excluding tert-OH is 1. The maximum atomic E-state index is 9.14. The molecule has 90 valence electrons. The molecule has 0 aliphatic carbocycles. The number of benzene rings is 1. The van der Waals surface area contributed by atoms with Crippen LogP contribution in [0, 0.1) is 0 Å². The van der Waals surface area contributed by atoms with Crippen molar-refractivity contribution in [1.29, 1.82) is 0 Å². The predicted octanol–water partition coefficient (Wildman–Crippen LogP) is 2.58. The van der Waals surface area contributed by atoms with Gasteiger partial charge in [0.25, 0.3) is 0 Å². The number of pyridine rings is 1. The van der Waals surface area contributed by atoms with Gasteiger partial charge in [0.2, 0.25) is 0 Å². The lowest BCUT2D eigenvalue weighted by Crippen LogP contribution is -2.00. The van der Waals surface area contributed by atoms with Gasteiger partial charge in [0, 0.05) is 18.1 Å². The van der Waals surface area contributed by atoms with Gasteiger partial charge in [0.05, 0.1) is 12.3 Å². The van der Waals surface area contributed by atoms with Gasteiger partial charge < -0.3 is 9.67 Å². The highest BCUT2D eigenvalue weighted by Crippen LogP contribution is 2.16. The normalized spacial score (nSPS) is 10.9. The SMILES string of the molecule is OCc1ccc2ccn(Cc3ccccc3)c2n1. The van der Waals surface area contributed by atoms with Crippen LogP contribution in [0.5, 0.6) is 0 Å². The molecule has 1 N–H and O–H groups in total. The monoisotopic (exact) mass is 238 g/mol. The topological polar surface area (TPSA) is 38.0 Å². The molecule has 0 saturated carbocycles. The Morgan fingerprint density at radius 2 is 1.83 bits per heavy atom. The van der Waals surface area contributed by atoms with Gasteiger partial charge in [-0.3, -0.25) is 0 Å². The van der Waals surface area contributed by atoms with Gasteiger partial charge in [0.15, 0.2) is 0 Å². The fourth-order valence-corrected chi connectivity index (χ4v) is 2.10. The summed E-state index contributed by atoms with van der Waals surface area (Å²) in [6.45, 7) is 0.776. The highest BCUT2D eigenvalue weighted by atomic mass is 16.3. The van der Waals surface area contributed by atoms with E-state index in [0.717, 1.165) is 17.6 Å². The molecule has 3 nitrogen and oxygen atoms in total. The molecule has 0 fully saturated rings. The van der Waals surface area contributed by atoms with Crippen LogP contribution in [-0.2, 0) is 13.2 Å². The maximum Gasteiger partial charge on any atom is 0.140 e. The fourth-order valence-electron chi connectivity index (χ4n) is 2.10. The van der Waals surface area contributed by atoms with Crippen LogP contribution in [0.15, 0.2) is 54.7 Å². The molecule has 0 aliphatic rings. The minimum Gasteiger partial charge on any atom is -0.390 e. The van der Waals surface area contributed by atoms with E-state index < -0.39 is 0 Å². The van der Waals surface area contributed by atoms with Crippen molar-refractivity contribution in [2.45, 2.75) is 13.2 Å². The summed E-state index contributed by atoms with van der Waals surface area (Å²) in [6.07, 6.45) is 2.03. The first-order valence-corrected chi connectivity index (χ1v) is 5.96. The van der Waals surface area contributed by atoms with E-state index in [1.165, 1.54) is 5.56 Å². The minimum atomic E-state index is -0.0214. The summed E-state index contributed by atoms with van der Waals surface area (Å²) in [7, 11) is 0. The summed E-state index contributed by atoms with van der Waals surface area (Å²) in [5.41, 5.74) is 2.87. The highest BCUT2D eigenvalue weighted by Gasteiger charge is 2.04. The lowest BCUT2D eigenvalue weighted by molar-refractivity contribution is 0.277. The van der Waals surface area contributed by atoms with Crippen LogP contribution in [-0.4, -0.2) is 14.7 Å². The Balaban J connectivity index is 2.01. The molecule has 0 atom stereocenters. The molecule has 0 spiro atoms. The molecule has 0 unspecified atom stereocenters. The second kappa shape index (κ2) is 4.63. The molecule has 0 aliphatic heterocycles. The van der Waals surface area contributed by atoms with E-state index in [0.29, 0.717) is 5.69 Å². The van der Waals surface area contributed by atoms with Crippen LogP contribution in [0.4, 0.5) is 0 Å². The third-order valence-electron chi connectivity index (χ3n) is 3.03. The first-order chi connectivity index (χ1) is 8.86. The minimum absolute atomic E-state index is 0.0214. The third kappa shape index (κ3) is 2.00. The number of rotatable bonds is 3. The van der Waals surface area contributed by atoms with Crippen LogP contribution in [0.1, 0.15) is 11.3 Å². The van der Waals surface area contributed by atoms with Crippen molar-refractivity contribution in [3.63, 3.8) is 0 Å². The summed E-state index contributed by atoms with van der Waals surface area (Å²) in [5, 5.41) is 10.2. The maximum absolute atomic E-state index is 9.14. The van der Waals surface area contributed by atoms with E-state index in [4.69, 9.17) is 5.11 Å². The summed E-state index contributed by atoms with van der Waals surface area (Å²) in [5.74, 6) is 0. The van der Waals surface area contributed by atoms with Gasteiger partial charge in [-0.05, 0) is 23.8 Å². The Hall–Kier alpha value is -2.13. The number of aliphatic hydroxyl groups is 1. The second-order valence-corrected chi connectivity index (χ2v) is 4.30. The van der Waals surface area contributed by atoms with Gasteiger partial charge in [-0.1, -0.05) is 30.3 Å². The zero-order valence-corrected chi connectivity index (χ0v) is 9.95. The van der Waals surface area contributed by atoms with Crippen molar-refractivity contribution < 1.29 is 5.11 Å². The van der Waals surface area contributed by atoms with Gasteiger partial charge in [-0.25, -0.2) is 4.98 Å². The van der Waals surface area contributed by atoms with Crippen molar-refractivity contribution in [1.82, 2.24) is 9.55 Å². The smallest absolute Gasteiger partial charge is 0.140 e. The van der Waals surface area contributed by atoms with Crippen molar-refractivity contribution >= 4 is 11.0 Å². The fraction of sp³-hybridized carbons (Fsp3) is 0.133. The molecule has 0 bridgehead atoms. The molecule has 1 aromatic carbocycles. The second-order valence-electron chi connectivity index (χ2n) is 4.30. The molecule has 18 heavy (non-hydrogen) atoms. The van der Waals surface area contributed by atoms with E-state index in [1.54, 1.807) is 0 Å². The standard InChI is InChI=1S/C15H14N2O/c18-11-14-7-6-13-8-9-17(15(13)16-14)10-12-4-2-1-3-5-12/h1-9,18H,10-11H2. The molecule has 2 heterocycles. The van der Waals surface area contributed by atoms with Gasteiger partial charge >= 0.3 is 0 Å². The quantitative estimate of drug-likeness (QED) is 0.761. The first kappa shape index (κ1) is 11.0. The van der Waals surface area contributed by atoms with Crippen LogP contribution < -0.4 is 0 Å². The van der Waals surface area contributed by atoms with E-state index in [9.17, 15) is 0 Å². The van der Waals surface area contributed by atoms with Gasteiger partial charge in [-0.15, -0.1) is 0 Å². The van der Waals surface area contributed by atoms with Crippen molar-refractivity contribution in [2.75, 3.05) is 0 Å². The van der Waals surface area contributed by atoms with Crippen LogP contribution in [0.25, 0.3) is 11.0 Å². The van der Waals surface area contributed by atoms with E-state index in [-0.39, 0.29) is 6.61 Å². The van der Waals surface area contributed by atoms with Crippen molar-refractivity contribution in [3.8, 4) is 0 Å². The molecule has 0 saturated heterocycles.